The molecule has 1 atom stereocenters. The number of hydrogen-bond acceptors (Lipinski definition) is 4. The Balaban J connectivity index is 2.32. The summed E-state index contributed by atoms with van der Waals surface area (Å²) in [6.07, 6.45) is 0. The first-order valence-electron chi connectivity index (χ1n) is 5.59. The van der Waals surface area contributed by atoms with Crippen LogP contribution >= 0.6 is 11.6 Å². The first-order chi connectivity index (χ1) is 8.88. The summed E-state index contributed by atoms with van der Waals surface area (Å²) in [4.78, 5) is 36.3. The molecule has 6 nitrogen and oxygen atoms in total. The predicted octanol–water partition coefficient (Wildman–Crippen LogP) is 0.409. The molecule has 100 valence electrons. The van der Waals surface area contributed by atoms with Gasteiger partial charge in [-0.3, -0.25) is 19.7 Å². The molecule has 1 saturated heterocycles. The summed E-state index contributed by atoms with van der Waals surface area (Å²) in [6.45, 7) is 1.38. The van der Waals surface area contributed by atoms with E-state index in [1.807, 2.05) is 0 Å². The molecule has 0 saturated carbocycles. The number of nitrogens with two attached hydrogens (primary N) is 1. The van der Waals surface area contributed by atoms with Crippen LogP contribution < -0.4 is 11.1 Å². The highest BCUT2D eigenvalue weighted by molar-refractivity contribution is 6.31. The first-order valence-corrected chi connectivity index (χ1v) is 5.97. The number of nitrogens with one attached hydrogen (secondary N) is 1. The van der Waals surface area contributed by atoms with Crippen molar-refractivity contribution in [2.75, 3.05) is 12.3 Å². The van der Waals surface area contributed by atoms with Crippen LogP contribution in [-0.2, 0) is 9.59 Å². The van der Waals surface area contributed by atoms with Crippen molar-refractivity contribution >= 4 is 35.0 Å². The number of nitrogens with zero attached hydrogens (tertiary/aromatic N) is 1. The van der Waals surface area contributed by atoms with Gasteiger partial charge in [0.05, 0.1) is 0 Å². The Morgan fingerprint density at radius 2 is 2.11 bits per heavy atom. The van der Waals surface area contributed by atoms with Gasteiger partial charge in [-0.15, -0.1) is 0 Å². The normalized spacial score (nSPS) is 19.3. The molecular weight excluding hydrogens is 270 g/mol. The van der Waals surface area contributed by atoms with Crippen LogP contribution in [0.5, 0.6) is 0 Å². The summed E-state index contributed by atoms with van der Waals surface area (Å²) in [5.74, 6) is -1.46. The fraction of sp³-hybridized carbons (Fsp3) is 0.250. The van der Waals surface area contributed by atoms with Gasteiger partial charge in [-0.05, 0) is 25.1 Å². The summed E-state index contributed by atoms with van der Waals surface area (Å²) >= 11 is 5.83. The highest BCUT2D eigenvalue weighted by Gasteiger charge is 2.34. The quantitative estimate of drug-likeness (QED) is 0.576. The Morgan fingerprint density at radius 3 is 2.74 bits per heavy atom. The number of amides is 3. The molecule has 0 aliphatic carbocycles. The minimum absolute atomic E-state index is 0.168. The Bertz CT molecular complexity index is 553. The number of piperazine rings is 1. The van der Waals surface area contributed by atoms with Crippen molar-refractivity contribution < 1.29 is 14.4 Å². The summed E-state index contributed by atoms with van der Waals surface area (Å²) in [6, 6.07) is 3.70. The van der Waals surface area contributed by atoms with E-state index in [4.69, 9.17) is 17.3 Å². The minimum atomic E-state index is -0.717. The van der Waals surface area contributed by atoms with Gasteiger partial charge in [-0.1, -0.05) is 11.6 Å². The molecular formula is C12H12ClN3O3. The van der Waals surface area contributed by atoms with Gasteiger partial charge in [0.2, 0.25) is 11.8 Å². The molecule has 3 amide bonds. The molecule has 1 aromatic rings. The van der Waals surface area contributed by atoms with Crippen molar-refractivity contribution in [2.45, 2.75) is 13.0 Å². The van der Waals surface area contributed by atoms with Crippen LogP contribution in [0.1, 0.15) is 17.3 Å². The van der Waals surface area contributed by atoms with E-state index in [-0.39, 0.29) is 12.1 Å². The van der Waals surface area contributed by atoms with Gasteiger partial charge >= 0.3 is 0 Å². The number of nitrogen functional groups attached to an aromatic ring is 1. The van der Waals surface area contributed by atoms with Crippen molar-refractivity contribution in [1.29, 1.82) is 0 Å². The van der Waals surface area contributed by atoms with E-state index in [1.165, 1.54) is 23.1 Å². The maximum atomic E-state index is 12.3. The molecule has 3 N–H and O–H groups in total. The van der Waals surface area contributed by atoms with E-state index in [0.29, 0.717) is 10.7 Å². The van der Waals surface area contributed by atoms with Gasteiger partial charge in [0, 0.05) is 16.3 Å². The molecule has 1 aliphatic rings. The Kier molecular flexibility index (Phi) is 3.44. The fourth-order valence-corrected chi connectivity index (χ4v) is 2.11. The van der Waals surface area contributed by atoms with Crippen molar-refractivity contribution in [2.24, 2.45) is 0 Å². The standard InChI is InChI=1S/C12H12ClN3O3/c1-6-11(18)15-10(17)5-16(6)12(19)7-2-8(13)4-9(14)3-7/h2-4,6H,5,14H2,1H3,(H,15,17,18). The lowest BCUT2D eigenvalue weighted by atomic mass is 10.1. The average molecular weight is 282 g/mol. The van der Waals surface area contributed by atoms with Crippen LogP contribution in [0.15, 0.2) is 18.2 Å². The van der Waals surface area contributed by atoms with Crippen LogP contribution in [0.25, 0.3) is 0 Å². The molecule has 0 bridgehead atoms. The lowest BCUT2D eigenvalue weighted by Gasteiger charge is -2.31. The van der Waals surface area contributed by atoms with Crippen molar-refractivity contribution in [3.63, 3.8) is 0 Å². The van der Waals surface area contributed by atoms with Gasteiger partial charge in [-0.25, -0.2) is 0 Å². The van der Waals surface area contributed by atoms with E-state index in [1.54, 1.807) is 6.92 Å². The smallest absolute Gasteiger partial charge is 0.255 e. The first kappa shape index (κ1) is 13.4. The molecule has 1 heterocycles. The molecule has 2 rings (SSSR count). The van der Waals surface area contributed by atoms with Gasteiger partial charge in [0.1, 0.15) is 12.6 Å². The molecule has 1 aromatic carbocycles. The molecule has 1 unspecified atom stereocenters. The van der Waals surface area contributed by atoms with Crippen LogP contribution in [-0.4, -0.2) is 35.2 Å². The van der Waals surface area contributed by atoms with E-state index in [0.717, 1.165) is 0 Å². The summed E-state index contributed by atoms with van der Waals surface area (Å²) in [5, 5.41) is 2.49. The second kappa shape index (κ2) is 4.89. The highest BCUT2D eigenvalue weighted by Crippen LogP contribution is 2.19. The second-order valence-electron chi connectivity index (χ2n) is 4.29. The second-order valence-corrected chi connectivity index (χ2v) is 4.73. The van der Waals surface area contributed by atoms with Gasteiger partial charge < -0.3 is 10.6 Å². The number of anilines is 1. The average Bonchev–Trinajstić information content (AvgIpc) is 2.31. The third kappa shape index (κ3) is 2.68. The number of halogens is 1. The van der Waals surface area contributed by atoms with Crippen molar-refractivity contribution in [3.05, 3.63) is 28.8 Å². The van der Waals surface area contributed by atoms with Crippen LogP contribution in [0.3, 0.4) is 0 Å². The number of benzene rings is 1. The van der Waals surface area contributed by atoms with Gasteiger partial charge in [-0.2, -0.15) is 0 Å². The summed E-state index contributed by atoms with van der Waals surface area (Å²) in [5.41, 5.74) is 6.21. The number of rotatable bonds is 1. The third-order valence-corrected chi connectivity index (χ3v) is 3.07. The zero-order valence-electron chi connectivity index (χ0n) is 10.1. The molecule has 19 heavy (non-hydrogen) atoms. The molecule has 0 aromatic heterocycles. The van der Waals surface area contributed by atoms with E-state index >= 15 is 0 Å². The van der Waals surface area contributed by atoms with Gasteiger partial charge in [0.25, 0.3) is 5.91 Å². The van der Waals surface area contributed by atoms with Crippen LogP contribution in [0.2, 0.25) is 5.02 Å². The van der Waals surface area contributed by atoms with Crippen LogP contribution in [0.4, 0.5) is 5.69 Å². The maximum Gasteiger partial charge on any atom is 0.255 e. The van der Waals surface area contributed by atoms with E-state index in [9.17, 15) is 14.4 Å². The van der Waals surface area contributed by atoms with E-state index in [2.05, 4.69) is 5.32 Å². The van der Waals surface area contributed by atoms with Gasteiger partial charge in [0.15, 0.2) is 0 Å². The molecule has 7 heteroatoms. The number of hydrogen-bond donors (Lipinski definition) is 2. The third-order valence-electron chi connectivity index (χ3n) is 2.85. The molecule has 1 aliphatic heterocycles. The lowest BCUT2D eigenvalue weighted by Crippen LogP contribution is -2.58. The Labute approximate surface area is 114 Å². The zero-order chi connectivity index (χ0) is 14.2. The van der Waals surface area contributed by atoms with Crippen molar-refractivity contribution in [3.8, 4) is 0 Å². The zero-order valence-corrected chi connectivity index (χ0v) is 10.9. The molecule has 1 fully saturated rings. The number of imide groups is 1. The summed E-state index contributed by atoms with van der Waals surface area (Å²) in [7, 11) is 0. The highest BCUT2D eigenvalue weighted by atomic mass is 35.5. The SMILES string of the molecule is CC1C(=O)NC(=O)CN1C(=O)c1cc(N)cc(Cl)c1. The molecule has 0 radical (unpaired) electrons. The maximum absolute atomic E-state index is 12.3. The van der Waals surface area contributed by atoms with Crippen LogP contribution in [0, 0.1) is 0 Å². The lowest BCUT2D eigenvalue weighted by molar-refractivity contribution is -0.138. The van der Waals surface area contributed by atoms with E-state index < -0.39 is 23.8 Å². The Hall–Kier alpha value is -2.08. The Morgan fingerprint density at radius 1 is 1.42 bits per heavy atom. The number of carbonyl (C=O) groups excluding carboxylic acids is 3. The monoisotopic (exact) mass is 281 g/mol. The number of carbonyl (C=O) groups is 3. The minimum Gasteiger partial charge on any atom is -0.399 e. The summed E-state index contributed by atoms with van der Waals surface area (Å²) < 4.78 is 0. The largest absolute Gasteiger partial charge is 0.399 e. The topological polar surface area (TPSA) is 92.5 Å². The van der Waals surface area contributed by atoms with Crippen molar-refractivity contribution in [1.82, 2.24) is 10.2 Å². The molecule has 0 spiro atoms. The predicted molar refractivity (Wildman–Crippen MR) is 69.5 cm³/mol. The fourth-order valence-electron chi connectivity index (χ4n) is 1.86.